The summed E-state index contributed by atoms with van der Waals surface area (Å²) in [6, 6.07) is 13.4. The molecule has 1 aromatic carbocycles. The van der Waals surface area contributed by atoms with E-state index >= 15 is 0 Å². The second-order valence-electron chi connectivity index (χ2n) is 8.01. The summed E-state index contributed by atoms with van der Waals surface area (Å²) in [6.07, 6.45) is 2.73. The fourth-order valence-electron chi connectivity index (χ4n) is 4.31. The molecule has 168 valence electrons. The summed E-state index contributed by atoms with van der Waals surface area (Å²) in [4.78, 5) is 21.1. The predicted molar refractivity (Wildman–Crippen MR) is 131 cm³/mol. The number of nitrogens with zero attached hydrogens (tertiary/aromatic N) is 4. The summed E-state index contributed by atoms with van der Waals surface area (Å²) < 4.78 is 2.16. The number of nitrogens with two attached hydrogens (primary N) is 1. The molecule has 1 aliphatic rings. The maximum atomic E-state index is 11.9. The van der Waals surface area contributed by atoms with Crippen LogP contribution >= 0.6 is 23.2 Å². The van der Waals surface area contributed by atoms with Crippen molar-refractivity contribution in [1.82, 2.24) is 14.5 Å². The molecule has 0 atom stereocenters. The summed E-state index contributed by atoms with van der Waals surface area (Å²) in [7, 11) is 0. The Balaban J connectivity index is 1.38. The zero-order valence-electron chi connectivity index (χ0n) is 18.1. The number of halogens is 2. The van der Waals surface area contributed by atoms with E-state index in [1.54, 1.807) is 6.20 Å². The number of rotatable bonds is 7. The molecule has 3 heterocycles. The fraction of sp³-hybridized carbons (Fsp3) is 0.333. The molecule has 4 rings (SSSR count). The first kappa shape index (κ1) is 22.6. The number of carbonyl (C=O) groups is 1. The number of hydrogen-bond donors (Lipinski definition) is 1. The number of pyridine rings is 1. The van der Waals surface area contributed by atoms with Crippen molar-refractivity contribution in [2.45, 2.75) is 19.9 Å². The molecule has 0 radical (unpaired) electrons. The third-order valence-corrected chi connectivity index (χ3v) is 6.87. The van der Waals surface area contributed by atoms with Crippen LogP contribution in [0.5, 0.6) is 0 Å². The lowest BCUT2D eigenvalue weighted by Gasteiger charge is -2.36. The smallest absolute Gasteiger partial charge is 0.250 e. The first-order valence-electron chi connectivity index (χ1n) is 10.8. The highest BCUT2D eigenvalue weighted by Crippen LogP contribution is 2.33. The van der Waals surface area contributed by atoms with E-state index in [1.807, 2.05) is 49.4 Å². The van der Waals surface area contributed by atoms with Crippen LogP contribution in [0.25, 0.3) is 11.4 Å². The van der Waals surface area contributed by atoms with E-state index in [2.05, 4.69) is 19.4 Å². The number of anilines is 1. The molecule has 6 nitrogen and oxygen atoms in total. The Kier molecular flexibility index (Phi) is 7.04. The Hall–Kier alpha value is -2.54. The number of carbonyl (C=O) groups excluding carboxylic acids is 1. The second kappa shape index (κ2) is 9.94. The highest BCUT2D eigenvalue weighted by atomic mass is 35.5. The van der Waals surface area contributed by atoms with E-state index in [1.165, 1.54) is 0 Å². The van der Waals surface area contributed by atoms with Crippen LogP contribution in [-0.2, 0) is 6.54 Å². The van der Waals surface area contributed by atoms with Crippen molar-refractivity contribution in [2.75, 3.05) is 37.6 Å². The van der Waals surface area contributed by atoms with Crippen molar-refractivity contribution in [3.63, 3.8) is 0 Å². The van der Waals surface area contributed by atoms with E-state index in [0.29, 0.717) is 15.6 Å². The number of hydrogen-bond acceptors (Lipinski definition) is 4. The van der Waals surface area contributed by atoms with Crippen molar-refractivity contribution >= 4 is 34.8 Å². The number of benzene rings is 1. The average Bonchev–Trinajstić information content (AvgIpc) is 3.13. The quantitative estimate of drug-likeness (QED) is 0.551. The van der Waals surface area contributed by atoms with Crippen molar-refractivity contribution in [3.8, 4) is 11.4 Å². The molecule has 0 saturated carbocycles. The molecular formula is C24H27Cl2N5O. The predicted octanol–water partition coefficient (Wildman–Crippen LogP) is 4.48. The van der Waals surface area contributed by atoms with Crippen LogP contribution < -0.4 is 10.6 Å². The van der Waals surface area contributed by atoms with Crippen LogP contribution in [0.4, 0.5) is 5.69 Å². The molecule has 1 fully saturated rings. The van der Waals surface area contributed by atoms with Gasteiger partial charge in [0.15, 0.2) is 0 Å². The van der Waals surface area contributed by atoms with E-state index in [4.69, 9.17) is 28.9 Å². The average molecular weight is 472 g/mol. The summed E-state index contributed by atoms with van der Waals surface area (Å²) in [5, 5.41) is 1.21. The van der Waals surface area contributed by atoms with E-state index in [0.717, 1.165) is 68.5 Å². The van der Waals surface area contributed by atoms with Gasteiger partial charge in [-0.05, 0) is 50.2 Å². The summed E-state index contributed by atoms with van der Waals surface area (Å²) in [6.45, 7) is 7.47. The Labute approximate surface area is 198 Å². The largest absolute Gasteiger partial charge is 0.368 e. The molecule has 2 N–H and O–H groups in total. The van der Waals surface area contributed by atoms with Gasteiger partial charge in [-0.2, -0.15) is 0 Å². The van der Waals surface area contributed by atoms with Gasteiger partial charge >= 0.3 is 0 Å². The highest BCUT2D eigenvalue weighted by molar-refractivity contribution is 6.43. The van der Waals surface area contributed by atoms with Gasteiger partial charge in [0.1, 0.15) is 0 Å². The summed E-state index contributed by atoms with van der Waals surface area (Å²) >= 11 is 12.6. The van der Waals surface area contributed by atoms with Crippen LogP contribution in [-0.4, -0.2) is 53.1 Å². The normalized spacial score (nSPS) is 14.7. The molecule has 2 aromatic heterocycles. The van der Waals surface area contributed by atoms with Crippen LogP contribution in [0, 0.1) is 6.92 Å². The van der Waals surface area contributed by atoms with Crippen molar-refractivity contribution in [1.29, 1.82) is 0 Å². The molecule has 1 saturated heterocycles. The van der Waals surface area contributed by atoms with Crippen LogP contribution in [0.15, 0.2) is 48.7 Å². The van der Waals surface area contributed by atoms with Crippen molar-refractivity contribution < 1.29 is 4.79 Å². The van der Waals surface area contributed by atoms with E-state index in [-0.39, 0.29) is 0 Å². The topological polar surface area (TPSA) is 67.4 Å². The third kappa shape index (κ3) is 4.77. The number of amides is 1. The minimum atomic E-state index is -0.408. The van der Waals surface area contributed by atoms with Crippen molar-refractivity contribution in [2.24, 2.45) is 5.73 Å². The van der Waals surface area contributed by atoms with Gasteiger partial charge in [0, 0.05) is 44.6 Å². The molecule has 0 unspecified atom stereocenters. The number of piperazine rings is 1. The van der Waals surface area contributed by atoms with Gasteiger partial charge in [0.05, 0.1) is 32.7 Å². The Morgan fingerprint density at radius 1 is 1.06 bits per heavy atom. The standard InChI is InChI=1S/C24H27Cl2N5O/c1-17-18(24(27)32)16-22(20-7-2-3-9-28-20)31(17)11-5-10-29-12-14-30(15-13-29)21-8-4-6-19(25)23(21)26/h2-4,6-9,16H,5,10-15H2,1H3,(H2,27,32). The highest BCUT2D eigenvalue weighted by Gasteiger charge is 2.21. The Morgan fingerprint density at radius 3 is 2.53 bits per heavy atom. The summed E-state index contributed by atoms with van der Waals surface area (Å²) in [5.41, 5.74) is 9.81. The second-order valence-corrected chi connectivity index (χ2v) is 8.80. The Morgan fingerprint density at radius 2 is 1.84 bits per heavy atom. The van der Waals surface area contributed by atoms with Gasteiger partial charge in [0.25, 0.3) is 5.91 Å². The van der Waals surface area contributed by atoms with Gasteiger partial charge in [-0.1, -0.05) is 35.3 Å². The van der Waals surface area contributed by atoms with Crippen LogP contribution in [0.2, 0.25) is 10.0 Å². The molecular weight excluding hydrogens is 445 g/mol. The van der Waals surface area contributed by atoms with Gasteiger partial charge in [-0.3, -0.25) is 14.7 Å². The lowest BCUT2D eigenvalue weighted by Crippen LogP contribution is -2.46. The van der Waals surface area contributed by atoms with Crippen LogP contribution in [0.3, 0.4) is 0 Å². The maximum absolute atomic E-state index is 11.9. The summed E-state index contributed by atoms with van der Waals surface area (Å²) in [5.74, 6) is -0.408. The lowest BCUT2D eigenvalue weighted by molar-refractivity contribution is 0.0999. The van der Waals surface area contributed by atoms with Gasteiger partial charge < -0.3 is 15.2 Å². The number of primary amides is 1. The third-order valence-electron chi connectivity index (χ3n) is 6.06. The molecule has 1 aliphatic heterocycles. The van der Waals surface area contributed by atoms with Crippen LogP contribution in [0.1, 0.15) is 22.5 Å². The van der Waals surface area contributed by atoms with E-state index in [9.17, 15) is 4.79 Å². The SMILES string of the molecule is Cc1c(C(N)=O)cc(-c2ccccn2)n1CCCN1CCN(c2cccc(Cl)c2Cl)CC1. The Bertz CT molecular complexity index is 1090. The minimum Gasteiger partial charge on any atom is -0.368 e. The maximum Gasteiger partial charge on any atom is 0.250 e. The molecule has 0 aliphatic carbocycles. The van der Waals surface area contributed by atoms with Crippen molar-refractivity contribution in [3.05, 3.63) is 70.0 Å². The molecule has 0 spiro atoms. The minimum absolute atomic E-state index is 0.408. The lowest BCUT2D eigenvalue weighted by atomic mass is 10.2. The molecule has 3 aromatic rings. The van der Waals surface area contributed by atoms with Gasteiger partial charge in [-0.25, -0.2) is 0 Å². The molecule has 8 heteroatoms. The monoisotopic (exact) mass is 471 g/mol. The zero-order valence-corrected chi connectivity index (χ0v) is 19.6. The molecule has 1 amide bonds. The van der Waals surface area contributed by atoms with E-state index < -0.39 is 5.91 Å². The first-order valence-corrected chi connectivity index (χ1v) is 11.5. The fourth-order valence-corrected chi connectivity index (χ4v) is 4.73. The number of aromatic nitrogens is 2. The molecule has 0 bridgehead atoms. The zero-order chi connectivity index (χ0) is 22.7. The first-order chi connectivity index (χ1) is 15.5. The molecule has 32 heavy (non-hydrogen) atoms. The van der Waals surface area contributed by atoms with Gasteiger partial charge in [0.2, 0.25) is 0 Å². The van der Waals surface area contributed by atoms with Gasteiger partial charge in [-0.15, -0.1) is 0 Å².